The molecule has 3 rings (SSSR count). The van der Waals surface area contributed by atoms with Gasteiger partial charge in [0.15, 0.2) is 0 Å². The Kier molecular flexibility index (Phi) is 2.62. The largest absolute Gasteiger partial charge is 0.0925 e. The van der Waals surface area contributed by atoms with Gasteiger partial charge in [0.2, 0.25) is 0 Å². The van der Waals surface area contributed by atoms with Crippen LogP contribution in [0.3, 0.4) is 0 Å². The highest BCUT2D eigenvalue weighted by atomic mass is 79.9. The van der Waals surface area contributed by atoms with Gasteiger partial charge in [-0.1, -0.05) is 41.1 Å². The van der Waals surface area contributed by atoms with Crippen molar-refractivity contribution in [3.05, 3.63) is 34.9 Å². The van der Waals surface area contributed by atoms with Crippen LogP contribution in [-0.4, -0.2) is 5.33 Å². The van der Waals surface area contributed by atoms with Gasteiger partial charge in [-0.15, -0.1) is 0 Å². The van der Waals surface area contributed by atoms with Crippen LogP contribution in [0.1, 0.15) is 42.9 Å². The first kappa shape index (κ1) is 10.8. The van der Waals surface area contributed by atoms with Gasteiger partial charge in [-0.25, -0.2) is 0 Å². The number of hydrogen-bond donors (Lipinski definition) is 0. The Hall–Kier alpha value is -0.300. The molecule has 86 valence electrons. The van der Waals surface area contributed by atoms with Gasteiger partial charge in [0.25, 0.3) is 0 Å². The lowest BCUT2D eigenvalue weighted by atomic mass is 9.61. The van der Waals surface area contributed by atoms with E-state index in [-0.39, 0.29) is 0 Å². The lowest BCUT2D eigenvalue weighted by molar-refractivity contribution is 0.287. The van der Waals surface area contributed by atoms with Crippen molar-refractivity contribution in [1.29, 1.82) is 0 Å². The standard InChI is InChI=1S/C15H19Br/c1-15-7-3-6-12-4-2-5-13(14(12)15)8-11(9-15)10-16/h2,4-5,11H,3,6-10H2,1H3/t11-,15-/m0/s1. The monoisotopic (exact) mass is 278 g/mol. The van der Waals surface area contributed by atoms with Gasteiger partial charge >= 0.3 is 0 Å². The summed E-state index contributed by atoms with van der Waals surface area (Å²) in [6.07, 6.45) is 6.73. The molecule has 2 aliphatic carbocycles. The summed E-state index contributed by atoms with van der Waals surface area (Å²) < 4.78 is 0. The lowest BCUT2D eigenvalue weighted by Gasteiger charge is -2.44. The van der Waals surface area contributed by atoms with Crippen LogP contribution >= 0.6 is 15.9 Å². The summed E-state index contributed by atoms with van der Waals surface area (Å²) in [6, 6.07) is 6.97. The number of halogens is 1. The van der Waals surface area contributed by atoms with E-state index < -0.39 is 0 Å². The Bertz CT molecular complexity index is 410. The van der Waals surface area contributed by atoms with Gasteiger partial charge in [-0.05, 0) is 60.1 Å². The minimum Gasteiger partial charge on any atom is -0.0925 e. The molecule has 0 radical (unpaired) electrons. The maximum Gasteiger partial charge on any atom is 0.00631 e. The summed E-state index contributed by atoms with van der Waals surface area (Å²) in [6.45, 7) is 2.49. The van der Waals surface area contributed by atoms with E-state index in [0.29, 0.717) is 5.41 Å². The molecular weight excluding hydrogens is 260 g/mol. The van der Waals surface area contributed by atoms with Crippen molar-refractivity contribution in [2.75, 3.05) is 5.33 Å². The van der Waals surface area contributed by atoms with Crippen LogP contribution in [-0.2, 0) is 18.3 Å². The molecule has 16 heavy (non-hydrogen) atoms. The fraction of sp³-hybridized carbons (Fsp3) is 0.600. The third-order valence-electron chi connectivity index (χ3n) is 4.48. The van der Waals surface area contributed by atoms with Crippen molar-refractivity contribution in [3.63, 3.8) is 0 Å². The Morgan fingerprint density at radius 3 is 3.00 bits per heavy atom. The van der Waals surface area contributed by atoms with Crippen LogP contribution in [0.2, 0.25) is 0 Å². The van der Waals surface area contributed by atoms with Gasteiger partial charge in [-0.3, -0.25) is 0 Å². The fourth-order valence-electron chi connectivity index (χ4n) is 3.93. The van der Waals surface area contributed by atoms with Gasteiger partial charge in [-0.2, -0.15) is 0 Å². The summed E-state index contributed by atoms with van der Waals surface area (Å²) in [5.41, 5.74) is 5.47. The molecule has 0 aromatic heterocycles. The molecule has 0 amide bonds. The minimum absolute atomic E-state index is 0.473. The zero-order valence-electron chi connectivity index (χ0n) is 9.93. The summed E-state index contributed by atoms with van der Waals surface area (Å²) >= 11 is 3.68. The van der Waals surface area contributed by atoms with E-state index in [4.69, 9.17) is 0 Å². The second-order valence-electron chi connectivity index (χ2n) is 5.79. The molecule has 0 spiro atoms. The molecule has 1 aromatic carbocycles. The van der Waals surface area contributed by atoms with Gasteiger partial charge in [0, 0.05) is 5.33 Å². The third kappa shape index (κ3) is 1.55. The molecule has 1 heteroatoms. The fourth-order valence-corrected chi connectivity index (χ4v) is 4.39. The van der Waals surface area contributed by atoms with Crippen LogP contribution in [0.25, 0.3) is 0 Å². The molecule has 0 bridgehead atoms. The normalized spacial score (nSPS) is 32.2. The molecule has 1 aromatic rings. The Morgan fingerprint density at radius 1 is 1.38 bits per heavy atom. The van der Waals surface area contributed by atoms with E-state index in [1.54, 1.807) is 16.7 Å². The first-order valence-corrected chi connectivity index (χ1v) is 7.52. The average molecular weight is 279 g/mol. The summed E-state index contributed by atoms with van der Waals surface area (Å²) in [7, 11) is 0. The smallest absolute Gasteiger partial charge is 0.00631 e. The highest BCUT2D eigenvalue weighted by Crippen LogP contribution is 2.47. The highest BCUT2D eigenvalue weighted by Gasteiger charge is 2.39. The van der Waals surface area contributed by atoms with Crippen LogP contribution < -0.4 is 0 Å². The zero-order valence-corrected chi connectivity index (χ0v) is 11.5. The molecular formula is C15H19Br. The van der Waals surface area contributed by atoms with Crippen LogP contribution in [0.4, 0.5) is 0 Å². The van der Waals surface area contributed by atoms with E-state index in [1.807, 2.05) is 0 Å². The second-order valence-corrected chi connectivity index (χ2v) is 6.44. The predicted molar refractivity (Wildman–Crippen MR) is 72.3 cm³/mol. The summed E-state index contributed by atoms with van der Waals surface area (Å²) in [4.78, 5) is 0. The average Bonchev–Trinajstić information content (AvgIpc) is 2.28. The maximum atomic E-state index is 3.68. The topological polar surface area (TPSA) is 0 Å². The second kappa shape index (κ2) is 3.87. The number of rotatable bonds is 1. The number of aryl methyl sites for hydroxylation is 1. The molecule has 0 saturated carbocycles. The minimum atomic E-state index is 0.473. The van der Waals surface area contributed by atoms with Crippen LogP contribution in [0.5, 0.6) is 0 Å². The molecule has 0 unspecified atom stereocenters. The van der Waals surface area contributed by atoms with Crippen molar-refractivity contribution < 1.29 is 0 Å². The molecule has 0 saturated heterocycles. The number of alkyl halides is 1. The molecule has 0 heterocycles. The SMILES string of the molecule is C[C@@]12CCCc3cccc(c31)C[C@H](CBr)C2. The van der Waals surface area contributed by atoms with Crippen molar-refractivity contribution in [2.45, 2.75) is 44.4 Å². The molecule has 0 N–H and O–H groups in total. The van der Waals surface area contributed by atoms with E-state index >= 15 is 0 Å². The van der Waals surface area contributed by atoms with Gasteiger partial charge < -0.3 is 0 Å². The van der Waals surface area contributed by atoms with E-state index in [1.165, 1.54) is 32.1 Å². The lowest BCUT2D eigenvalue weighted by Crippen LogP contribution is -2.36. The molecule has 2 aliphatic rings. The van der Waals surface area contributed by atoms with Crippen molar-refractivity contribution in [1.82, 2.24) is 0 Å². The third-order valence-corrected chi connectivity index (χ3v) is 5.40. The first-order valence-electron chi connectivity index (χ1n) is 6.40. The Morgan fingerprint density at radius 2 is 2.19 bits per heavy atom. The van der Waals surface area contributed by atoms with Crippen molar-refractivity contribution >= 4 is 15.9 Å². The van der Waals surface area contributed by atoms with E-state index in [0.717, 1.165) is 11.2 Å². The predicted octanol–water partition coefficient (Wildman–Crippen LogP) is 4.24. The molecule has 2 atom stereocenters. The Labute approximate surface area is 107 Å². The highest BCUT2D eigenvalue weighted by molar-refractivity contribution is 9.09. The van der Waals surface area contributed by atoms with E-state index in [9.17, 15) is 0 Å². The maximum absolute atomic E-state index is 3.68. The zero-order chi connectivity index (χ0) is 11.2. The number of hydrogen-bond acceptors (Lipinski definition) is 0. The van der Waals surface area contributed by atoms with E-state index in [2.05, 4.69) is 41.1 Å². The summed E-state index contributed by atoms with van der Waals surface area (Å²) in [5, 5.41) is 1.16. The van der Waals surface area contributed by atoms with Crippen molar-refractivity contribution in [2.24, 2.45) is 5.92 Å². The molecule has 0 fully saturated rings. The van der Waals surface area contributed by atoms with Crippen molar-refractivity contribution in [3.8, 4) is 0 Å². The Balaban J connectivity index is 2.14. The van der Waals surface area contributed by atoms with Gasteiger partial charge in [0.1, 0.15) is 0 Å². The quantitative estimate of drug-likeness (QED) is 0.675. The first-order chi connectivity index (χ1) is 7.73. The van der Waals surface area contributed by atoms with Crippen LogP contribution in [0, 0.1) is 5.92 Å². The summed E-state index contributed by atoms with van der Waals surface area (Å²) in [5.74, 6) is 0.839. The number of benzene rings is 1. The van der Waals surface area contributed by atoms with Crippen LogP contribution in [0.15, 0.2) is 18.2 Å². The molecule has 0 aliphatic heterocycles. The van der Waals surface area contributed by atoms with Gasteiger partial charge in [0.05, 0.1) is 0 Å². The molecule has 0 nitrogen and oxygen atoms in total.